The van der Waals surface area contributed by atoms with Crippen molar-refractivity contribution in [3.8, 4) is 11.5 Å². The number of pyridine rings is 1. The fourth-order valence-electron chi connectivity index (χ4n) is 2.79. The molecule has 2 aromatic heterocycles. The van der Waals surface area contributed by atoms with Crippen LogP contribution in [-0.4, -0.2) is 23.0 Å². The van der Waals surface area contributed by atoms with Crippen LogP contribution in [0.5, 0.6) is 0 Å². The predicted molar refractivity (Wildman–Crippen MR) is 95.7 cm³/mol. The van der Waals surface area contributed by atoms with E-state index in [1.807, 2.05) is 32.9 Å². The smallest absolute Gasteiger partial charge is 0.334 e. The number of nitrogens with zero attached hydrogens (tertiary/aromatic N) is 3. The van der Waals surface area contributed by atoms with Gasteiger partial charge in [-0.1, -0.05) is 48.7 Å². The fourth-order valence-corrected chi connectivity index (χ4v) is 2.79. The maximum atomic E-state index is 12.7. The van der Waals surface area contributed by atoms with E-state index < -0.39 is 17.3 Å². The Balaban J connectivity index is 1.98. The van der Waals surface area contributed by atoms with Crippen LogP contribution in [0.2, 0.25) is 0 Å². The number of benzene rings is 1. The van der Waals surface area contributed by atoms with E-state index in [-0.39, 0.29) is 11.8 Å². The summed E-state index contributed by atoms with van der Waals surface area (Å²) >= 11 is 0. The molecule has 0 fully saturated rings. The van der Waals surface area contributed by atoms with Gasteiger partial charge in [-0.25, -0.2) is 0 Å². The van der Waals surface area contributed by atoms with Crippen molar-refractivity contribution in [1.29, 1.82) is 0 Å². The molecule has 1 aromatic carbocycles. The van der Waals surface area contributed by atoms with Crippen LogP contribution < -0.4 is 5.46 Å². The van der Waals surface area contributed by atoms with Crippen molar-refractivity contribution in [2.45, 2.75) is 32.4 Å². The third-order valence-electron chi connectivity index (χ3n) is 4.86. The second-order valence-corrected chi connectivity index (χ2v) is 6.83. The molecule has 0 spiro atoms. The Kier molecular flexibility index (Phi) is 4.84. The summed E-state index contributed by atoms with van der Waals surface area (Å²) in [6.45, 7) is 6.06. The van der Waals surface area contributed by atoms with Gasteiger partial charge in [0.2, 0.25) is 0 Å². The molecular weight excluding hydrogens is 354 g/mol. The molecule has 3 rings (SSSR count). The van der Waals surface area contributed by atoms with Crippen molar-refractivity contribution in [3.63, 3.8) is 0 Å². The van der Waals surface area contributed by atoms with Gasteiger partial charge in [0, 0.05) is 6.20 Å². The monoisotopic (exact) mass is 371 g/mol. The van der Waals surface area contributed by atoms with E-state index in [2.05, 4.69) is 15.1 Å². The topological polar surface area (TPSA) is 51.8 Å². The fraction of sp³-hybridized carbons (Fsp3) is 0.316. The van der Waals surface area contributed by atoms with Crippen LogP contribution in [0.15, 0.2) is 47.1 Å². The van der Waals surface area contributed by atoms with Crippen LogP contribution in [0.25, 0.3) is 11.5 Å². The maximum absolute atomic E-state index is 12.7. The Hall–Kier alpha value is -2.64. The van der Waals surface area contributed by atoms with E-state index in [0.29, 0.717) is 16.9 Å². The lowest BCUT2D eigenvalue weighted by Crippen LogP contribution is -2.31. The van der Waals surface area contributed by atoms with Crippen molar-refractivity contribution in [3.05, 3.63) is 59.7 Å². The average Bonchev–Trinajstić information content (AvgIpc) is 3.11. The summed E-state index contributed by atoms with van der Waals surface area (Å²) in [5.41, 5.74) is 0.401. The van der Waals surface area contributed by atoms with E-state index >= 15 is 0 Å². The highest BCUT2D eigenvalue weighted by Gasteiger charge is 2.37. The third-order valence-corrected chi connectivity index (χ3v) is 4.86. The maximum Gasteiger partial charge on any atom is 0.433 e. The van der Waals surface area contributed by atoms with Crippen molar-refractivity contribution < 1.29 is 17.7 Å². The highest BCUT2D eigenvalue weighted by molar-refractivity contribution is 6.32. The first-order valence-electron chi connectivity index (χ1n) is 8.36. The molecule has 0 aliphatic heterocycles. The molecule has 2 radical (unpaired) electrons. The molecule has 8 heteroatoms. The van der Waals surface area contributed by atoms with Gasteiger partial charge in [0.05, 0.1) is 11.0 Å². The Morgan fingerprint density at radius 1 is 1.04 bits per heavy atom. The van der Waals surface area contributed by atoms with Crippen molar-refractivity contribution >= 4 is 13.3 Å². The molecule has 2 heterocycles. The summed E-state index contributed by atoms with van der Waals surface area (Å²) in [4.78, 5) is 7.87. The van der Waals surface area contributed by atoms with E-state index in [0.717, 1.165) is 17.8 Å². The van der Waals surface area contributed by atoms with Gasteiger partial charge in [-0.15, -0.1) is 0 Å². The first kappa shape index (κ1) is 19.1. The summed E-state index contributed by atoms with van der Waals surface area (Å²) in [6, 6.07) is 9.58. The van der Waals surface area contributed by atoms with Crippen LogP contribution >= 0.6 is 0 Å². The Morgan fingerprint density at radius 2 is 1.70 bits per heavy atom. The summed E-state index contributed by atoms with van der Waals surface area (Å²) < 4.78 is 43.3. The van der Waals surface area contributed by atoms with E-state index in [1.165, 1.54) is 6.07 Å². The highest BCUT2D eigenvalue weighted by Crippen LogP contribution is 2.38. The molecule has 0 saturated heterocycles. The van der Waals surface area contributed by atoms with Crippen LogP contribution in [0.1, 0.15) is 37.9 Å². The molecule has 27 heavy (non-hydrogen) atoms. The number of alkyl halides is 3. The van der Waals surface area contributed by atoms with Gasteiger partial charge in [-0.3, -0.25) is 4.98 Å². The summed E-state index contributed by atoms with van der Waals surface area (Å²) in [7, 11) is 5.77. The minimum absolute atomic E-state index is 0.119. The van der Waals surface area contributed by atoms with Gasteiger partial charge in [-0.2, -0.15) is 18.2 Å². The molecule has 0 saturated carbocycles. The van der Waals surface area contributed by atoms with Crippen LogP contribution in [0.4, 0.5) is 13.2 Å². The van der Waals surface area contributed by atoms with Gasteiger partial charge in [-0.05, 0) is 30.5 Å². The third kappa shape index (κ3) is 3.61. The van der Waals surface area contributed by atoms with Crippen molar-refractivity contribution in [1.82, 2.24) is 15.1 Å². The minimum atomic E-state index is -4.50. The predicted octanol–water partition coefficient (Wildman–Crippen LogP) is 3.91. The zero-order valence-electron chi connectivity index (χ0n) is 15.1. The average molecular weight is 371 g/mol. The van der Waals surface area contributed by atoms with E-state index in [4.69, 9.17) is 12.4 Å². The Labute approximate surface area is 156 Å². The molecule has 0 N–H and O–H groups in total. The molecule has 0 aliphatic carbocycles. The normalized spacial score (nSPS) is 14.3. The van der Waals surface area contributed by atoms with Gasteiger partial charge < -0.3 is 4.52 Å². The second kappa shape index (κ2) is 6.83. The van der Waals surface area contributed by atoms with Crippen LogP contribution in [0.3, 0.4) is 0 Å². The first-order chi connectivity index (χ1) is 12.6. The Morgan fingerprint density at radius 3 is 2.22 bits per heavy atom. The number of hydrogen-bond acceptors (Lipinski definition) is 4. The summed E-state index contributed by atoms with van der Waals surface area (Å²) in [5.74, 6) is 0.683. The SMILES string of the molecule is [B]c1ccc(C(C)(c2noc(-c3ccc(C(F)(F)F)nc3)n2)C(C)C)cc1. The first-order valence-corrected chi connectivity index (χ1v) is 8.36. The molecular formula is C19H17BF3N3O. The van der Waals surface area contributed by atoms with Gasteiger partial charge in [0.15, 0.2) is 5.82 Å². The minimum Gasteiger partial charge on any atom is -0.334 e. The number of aromatic nitrogens is 3. The highest BCUT2D eigenvalue weighted by atomic mass is 19.4. The van der Waals surface area contributed by atoms with Gasteiger partial charge in [0.25, 0.3) is 5.89 Å². The lowest BCUT2D eigenvalue weighted by atomic mass is 9.72. The Bertz CT molecular complexity index is 921. The van der Waals surface area contributed by atoms with E-state index in [9.17, 15) is 13.2 Å². The van der Waals surface area contributed by atoms with Gasteiger partial charge >= 0.3 is 6.18 Å². The summed E-state index contributed by atoms with van der Waals surface area (Å²) in [5, 5.41) is 4.09. The van der Waals surface area contributed by atoms with Gasteiger partial charge in [0.1, 0.15) is 13.5 Å². The lowest BCUT2D eigenvalue weighted by Gasteiger charge is -2.31. The lowest BCUT2D eigenvalue weighted by molar-refractivity contribution is -0.141. The standard InChI is InChI=1S/C19H17BF3N3O/c1-11(2)18(3,13-5-7-14(20)8-6-13)17-25-16(27-26-17)12-4-9-15(24-10-12)19(21,22)23/h4-11H,1-3H3. The van der Waals surface area contributed by atoms with Crippen molar-refractivity contribution in [2.75, 3.05) is 0 Å². The zero-order valence-corrected chi connectivity index (χ0v) is 15.1. The van der Waals surface area contributed by atoms with Crippen LogP contribution in [-0.2, 0) is 11.6 Å². The van der Waals surface area contributed by atoms with Crippen molar-refractivity contribution in [2.24, 2.45) is 5.92 Å². The zero-order chi connectivity index (χ0) is 19.8. The summed E-state index contributed by atoms with van der Waals surface area (Å²) in [6.07, 6.45) is -3.42. The molecule has 138 valence electrons. The molecule has 0 bridgehead atoms. The quantitative estimate of drug-likeness (QED) is 0.653. The molecule has 0 amide bonds. The number of halogens is 3. The molecule has 0 aliphatic rings. The second-order valence-electron chi connectivity index (χ2n) is 6.83. The largest absolute Gasteiger partial charge is 0.433 e. The number of hydrogen-bond donors (Lipinski definition) is 0. The molecule has 3 aromatic rings. The molecule has 1 atom stereocenters. The van der Waals surface area contributed by atoms with E-state index in [1.54, 1.807) is 12.1 Å². The molecule has 4 nitrogen and oxygen atoms in total. The molecule has 1 unspecified atom stereocenters. The number of rotatable bonds is 4. The van der Waals surface area contributed by atoms with Crippen LogP contribution in [0, 0.1) is 5.92 Å².